The topological polar surface area (TPSA) is 29.1 Å². The highest BCUT2D eigenvalue weighted by molar-refractivity contribution is 6.17. The first-order valence-corrected chi connectivity index (χ1v) is 5.48. The summed E-state index contributed by atoms with van der Waals surface area (Å²) in [6, 6.07) is 3.32. The number of amides is 1. The molecule has 0 aromatic heterocycles. The highest BCUT2D eigenvalue weighted by Crippen LogP contribution is 2.11. The van der Waals surface area contributed by atoms with E-state index in [-0.39, 0.29) is 0 Å². The van der Waals surface area contributed by atoms with Gasteiger partial charge in [0.25, 0.3) is 5.91 Å². The van der Waals surface area contributed by atoms with Crippen molar-refractivity contribution < 1.29 is 13.6 Å². The van der Waals surface area contributed by atoms with Crippen LogP contribution in [0, 0.1) is 11.6 Å². The third-order valence-corrected chi connectivity index (χ3v) is 2.30. The highest BCUT2D eigenvalue weighted by Gasteiger charge is 2.15. The largest absolute Gasteiger partial charge is 0.352 e. The Morgan fingerprint density at radius 1 is 1.25 bits per heavy atom. The van der Waals surface area contributed by atoms with Gasteiger partial charge in [0, 0.05) is 12.4 Å². The van der Waals surface area contributed by atoms with Crippen LogP contribution in [0.2, 0.25) is 0 Å². The second-order valence-corrected chi connectivity index (χ2v) is 3.63. The normalized spacial score (nSPS) is 10.2. The average Bonchev–Trinajstić information content (AvgIpc) is 2.24. The van der Waals surface area contributed by atoms with E-state index in [0.29, 0.717) is 18.8 Å². The molecule has 1 N–H and O–H groups in total. The molecule has 0 aliphatic heterocycles. The number of rotatable bonds is 5. The van der Waals surface area contributed by atoms with Crippen molar-refractivity contribution in [3.8, 4) is 0 Å². The lowest BCUT2D eigenvalue weighted by atomic mass is 10.2. The highest BCUT2D eigenvalue weighted by atomic mass is 35.5. The first-order valence-electron chi connectivity index (χ1n) is 4.95. The van der Waals surface area contributed by atoms with Crippen LogP contribution in [-0.4, -0.2) is 18.3 Å². The van der Waals surface area contributed by atoms with Crippen LogP contribution in [0.15, 0.2) is 18.2 Å². The monoisotopic (exact) mass is 247 g/mol. The number of carbonyl (C=O) groups is 1. The zero-order valence-electron chi connectivity index (χ0n) is 8.60. The maximum atomic E-state index is 13.2. The van der Waals surface area contributed by atoms with Crippen molar-refractivity contribution in [2.75, 3.05) is 12.4 Å². The molecule has 1 amide bonds. The predicted octanol–water partition coefficient (Wildman–Crippen LogP) is 2.71. The van der Waals surface area contributed by atoms with E-state index < -0.39 is 23.1 Å². The van der Waals surface area contributed by atoms with Crippen LogP contribution in [0.1, 0.15) is 23.2 Å². The van der Waals surface area contributed by atoms with E-state index in [4.69, 9.17) is 11.6 Å². The second kappa shape index (κ2) is 6.43. The summed E-state index contributed by atoms with van der Waals surface area (Å²) >= 11 is 5.45. The molecule has 0 saturated heterocycles. The molecule has 2 nitrogen and oxygen atoms in total. The van der Waals surface area contributed by atoms with E-state index in [1.807, 2.05) is 0 Å². The van der Waals surface area contributed by atoms with Crippen LogP contribution in [0.25, 0.3) is 0 Å². The molecular weight excluding hydrogens is 236 g/mol. The summed E-state index contributed by atoms with van der Waals surface area (Å²) in [5, 5.41) is 2.44. The van der Waals surface area contributed by atoms with Crippen LogP contribution < -0.4 is 5.32 Å². The molecule has 0 radical (unpaired) electrons. The van der Waals surface area contributed by atoms with Crippen molar-refractivity contribution in [1.29, 1.82) is 0 Å². The summed E-state index contributed by atoms with van der Waals surface area (Å²) in [4.78, 5) is 11.4. The maximum Gasteiger partial charge on any atom is 0.257 e. The smallest absolute Gasteiger partial charge is 0.257 e. The minimum Gasteiger partial charge on any atom is -0.352 e. The molecule has 0 atom stereocenters. The number of benzene rings is 1. The van der Waals surface area contributed by atoms with Gasteiger partial charge in [-0.2, -0.15) is 0 Å². The van der Waals surface area contributed by atoms with Gasteiger partial charge in [-0.15, -0.1) is 11.6 Å². The molecule has 0 spiro atoms. The lowest BCUT2D eigenvalue weighted by Crippen LogP contribution is -2.26. The van der Waals surface area contributed by atoms with E-state index >= 15 is 0 Å². The Bertz CT molecular complexity index is 351. The first kappa shape index (κ1) is 12.9. The van der Waals surface area contributed by atoms with Gasteiger partial charge in [0.1, 0.15) is 17.2 Å². The molecular formula is C11H12ClF2NO. The van der Waals surface area contributed by atoms with Crippen LogP contribution in [0.3, 0.4) is 0 Å². The van der Waals surface area contributed by atoms with Crippen molar-refractivity contribution in [2.24, 2.45) is 0 Å². The van der Waals surface area contributed by atoms with E-state index in [9.17, 15) is 13.6 Å². The molecule has 0 saturated carbocycles. The van der Waals surface area contributed by atoms with Gasteiger partial charge in [-0.1, -0.05) is 6.07 Å². The Morgan fingerprint density at radius 2 is 1.88 bits per heavy atom. The van der Waals surface area contributed by atoms with Crippen LogP contribution in [-0.2, 0) is 0 Å². The molecule has 5 heteroatoms. The summed E-state index contributed by atoms with van der Waals surface area (Å²) in [6.07, 6.45) is 1.44. The number of nitrogens with one attached hydrogen (secondary N) is 1. The fraction of sp³-hybridized carbons (Fsp3) is 0.364. The molecule has 88 valence electrons. The van der Waals surface area contributed by atoms with Crippen molar-refractivity contribution in [2.45, 2.75) is 12.8 Å². The average molecular weight is 248 g/mol. The van der Waals surface area contributed by atoms with Crippen molar-refractivity contribution in [3.05, 3.63) is 35.4 Å². The van der Waals surface area contributed by atoms with Crippen LogP contribution in [0.5, 0.6) is 0 Å². The van der Waals surface area contributed by atoms with Crippen LogP contribution >= 0.6 is 11.6 Å². The quantitative estimate of drug-likeness (QED) is 0.629. The third kappa shape index (κ3) is 3.45. The minimum atomic E-state index is -0.852. The fourth-order valence-electron chi connectivity index (χ4n) is 1.22. The molecule has 0 aliphatic rings. The predicted molar refractivity (Wildman–Crippen MR) is 58.6 cm³/mol. The van der Waals surface area contributed by atoms with Gasteiger partial charge in [0.15, 0.2) is 0 Å². The lowest BCUT2D eigenvalue weighted by Gasteiger charge is -2.06. The SMILES string of the molecule is O=C(NCCCCCl)c1c(F)cccc1F. The fourth-order valence-corrected chi connectivity index (χ4v) is 1.41. The molecule has 16 heavy (non-hydrogen) atoms. The Kier molecular flexibility index (Phi) is 5.19. The number of hydrogen-bond donors (Lipinski definition) is 1. The van der Waals surface area contributed by atoms with E-state index in [1.165, 1.54) is 6.07 Å². The van der Waals surface area contributed by atoms with Crippen molar-refractivity contribution >= 4 is 17.5 Å². The third-order valence-electron chi connectivity index (χ3n) is 2.04. The Morgan fingerprint density at radius 3 is 2.44 bits per heavy atom. The minimum absolute atomic E-state index is 0.360. The van der Waals surface area contributed by atoms with Gasteiger partial charge in [-0.25, -0.2) is 8.78 Å². The number of unbranched alkanes of at least 4 members (excludes halogenated alkanes) is 1. The summed E-state index contributed by atoms with van der Waals surface area (Å²) in [7, 11) is 0. The van der Waals surface area contributed by atoms with Crippen molar-refractivity contribution in [3.63, 3.8) is 0 Å². The molecule has 0 aliphatic carbocycles. The summed E-state index contributed by atoms with van der Waals surface area (Å²) in [5.41, 5.74) is -0.534. The number of hydrogen-bond acceptors (Lipinski definition) is 1. The van der Waals surface area contributed by atoms with E-state index in [2.05, 4.69) is 5.32 Å². The van der Waals surface area contributed by atoms with Gasteiger partial charge in [0.05, 0.1) is 0 Å². The summed E-state index contributed by atoms with van der Waals surface area (Å²) < 4.78 is 26.3. The van der Waals surface area contributed by atoms with Gasteiger partial charge in [-0.05, 0) is 25.0 Å². The Balaban J connectivity index is 2.59. The molecule has 1 aromatic carbocycles. The van der Waals surface area contributed by atoms with Gasteiger partial charge >= 0.3 is 0 Å². The molecule has 0 fully saturated rings. The molecule has 1 rings (SSSR count). The first-order chi connectivity index (χ1) is 7.66. The number of alkyl halides is 1. The molecule has 0 bridgehead atoms. The van der Waals surface area contributed by atoms with Gasteiger partial charge in [0.2, 0.25) is 0 Å². The molecule has 1 aromatic rings. The van der Waals surface area contributed by atoms with Crippen LogP contribution in [0.4, 0.5) is 8.78 Å². The molecule has 0 heterocycles. The van der Waals surface area contributed by atoms with Gasteiger partial charge < -0.3 is 5.32 Å². The number of carbonyl (C=O) groups excluding carboxylic acids is 1. The Hall–Kier alpha value is -1.16. The maximum absolute atomic E-state index is 13.2. The molecule has 0 unspecified atom stereocenters. The van der Waals surface area contributed by atoms with Crippen molar-refractivity contribution in [1.82, 2.24) is 5.32 Å². The van der Waals surface area contributed by atoms with E-state index in [0.717, 1.165) is 18.6 Å². The summed E-state index contributed by atoms with van der Waals surface area (Å²) in [6.45, 7) is 0.360. The number of halogens is 3. The van der Waals surface area contributed by atoms with Gasteiger partial charge in [-0.3, -0.25) is 4.79 Å². The lowest BCUT2D eigenvalue weighted by molar-refractivity contribution is 0.0944. The summed E-state index contributed by atoms with van der Waals surface area (Å²) in [5.74, 6) is -1.93. The standard InChI is InChI=1S/C11H12ClF2NO/c12-6-1-2-7-15-11(16)10-8(13)4-3-5-9(10)14/h3-5H,1-2,6-7H2,(H,15,16). The second-order valence-electron chi connectivity index (χ2n) is 3.25. The zero-order valence-corrected chi connectivity index (χ0v) is 9.36. The zero-order chi connectivity index (χ0) is 12.0. The van der Waals surface area contributed by atoms with E-state index in [1.54, 1.807) is 0 Å². The Labute approximate surface area is 97.6 Å².